The average molecular weight is 847 g/mol. The van der Waals surface area contributed by atoms with Crippen molar-refractivity contribution >= 4 is 96.8 Å². The van der Waals surface area contributed by atoms with Gasteiger partial charge in [-0.15, -0.1) is 11.3 Å². The fourth-order valence-corrected chi connectivity index (χ4v) is 11.2. The molecule has 0 unspecified atom stereocenters. The predicted octanol–water partition coefficient (Wildman–Crippen LogP) is 16.2. The third-order valence-corrected chi connectivity index (χ3v) is 14.2. The molecule has 0 N–H and O–H groups in total. The lowest BCUT2D eigenvalue weighted by Gasteiger charge is -2.14. The Kier molecular flexibility index (Phi) is 7.79. The van der Waals surface area contributed by atoms with Crippen LogP contribution in [0.2, 0.25) is 0 Å². The molecule has 302 valence electrons. The summed E-state index contributed by atoms with van der Waals surface area (Å²) >= 11 is 1.77. The smallest absolute Gasteiger partial charge is 0.167 e. The minimum absolute atomic E-state index is 0.537. The molecule has 14 aromatic rings. The molecule has 0 saturated heterocycles. The summed E-state index contributed by atoms with van der Waals surface area (Å²) in [6.45, 7) is 0. The predicted molar refractivity (Wildman–Crippen MR) is 271 cm³/mol. The zero-order chi connectivity index (χ0) is 42.6. The number of aromatic nitrogens is 4. The Hall–Kier alpha value is -8.45. The molecule has 14 rings (SSSR count). The van der Waals surface area contributed by atoms with E-state index in [4.69, 9.17) is 19.4 Å². The Balaban J connectivity index is 1.10. The third kappa shape index (κ3) is 5.61. The topological polar surface area (TPSA) is 56.7 Å². The van der Waals surface area contributed by atoms with E-state index in [1.54, 1.807) is 11.3 Å². The second kappa shape index (κ2) is 14.0. The van der Waals surface area contributed by atoms with E-state index in [0.717, 1.165) is 71.2 Å². The van der Waals surface area contributed by atoms with Crippen LogP contribution in [0.4, 0.5) is 0 Å². The highest BCUT2D eigenvalue weighted by Crippen LogP contribution is 2.44. The fourth-order valence-electron chi connectivity index (χ4n) is 9.98. The van der Waals surface area contributed by atoms with Gasteiger partial charge in [-0.25, -0.2) is 15.0 Å². The van der Waals surface area contributed by atoms with Gasteiger partial charge in [-0.1, -0.05) is 158 Å². The number of benzene rings is 10. The normalized spacial score (nSPS) is 12.0. The molecule has 0 atom stereocenters. The largest absolute Gasteiger partial charge is 0.455 e. The minimum atomic E-state index is 0.537. The molecule has 0 spiro atoms. The van der Waals surface area contributed by atoms with Gasteiger partial charge in [0.05, 0.1) is 16.6 Å². The number of hydrogen-bond donors (Lipinski definition) is 0. The van der Waals surface area contributed by atoms with Crippen molar-refractivity contribution in [1.82, 2.24) is 19.5 Å². The number of rotatable bonds is 5. The first-order valence-electron chi connectivity index (χ1n) is 21.8. The molecular weight excluding hydrogens is 813 g/mol. The highest BCUT2D eigenvalue weighted by molar-refractivity contribution is 7.26. The monoisotopic (exact) mass is 846 g/mol. The summed E-state index contributed by atoms with van der Waals surface area (Å²) in [6, 6.07) is 73.3. The van der Waals surface area contributed by atoms with E-state index in [-0.39, 0.29) is 0 Å². The van der Waals surface area contributed by atoms with Crippen molar-refractivity contribution in [3.8, 4) is 51.0 Å². The third-order valence-electron chi connectivity index (χ3n) is 13.0. The average Bonchev–Trinajstić information content (AvgIpc) is 4.05. The number of nitrogens with zero attached hydrogens (tertiary/aromatic N) is 4. The Labute approximate surface area is 376 Å². The van der Waals surface area contributed by atoms with E-state index in [0.29, 0.717) is 17.5 Å². The highest BCUT2D eigenvalue weighted by atomic mass is 32.1. The van der Waals surface area contributed by atoms with Crippen LogP contribution in [-0.4, -0.2) is 19.5 Å². The van der Waals surface area contributed by atoms with E-state index in [1.165, 1.54) is 47.8 Å². The Morgan fingerprint density at radius 3 is 1.92 bits per heavy atom. The van der Waals surface area contributed by atoms with Gasteiger partial charge in [0.2, 0.25) is 0 Å². The summed E-state index contributed by atoms with van der Waals surface area (Å²) in [4.78, 5) is 16.2. The maximum Gasteiger partial charge on any atom is 0.167 e. The molecule has 0 saturated carbocycles. The summed E-state index contributed by atoms with van der Waals surface area (Å²) in [6.07, 6.45) is 0. The second-order valence-electron chi connectivity index (χ2n) is 16.7. The second-order valence-corrected chi connectivity index (χ2v) is 17.8. The number of furan rings is 1. The molecule has 6 heteroatoms. The zero-order valence-electron chi connectivity index (χ0n) is 34.7. The van der Waals surface area contributed by atoms with E-state index >= 15 is 0 Å². The first-order valence-corrected chi connectivity index (χ1v) is 22.7. The number of thiophene rings is 1. The molecule has 0 aliphatic heterocycles. The van der Waals surface area contributed by atoms with Crippen LogP contribution in [0, 0.1) is 0 Å². The maximum absolute atomic E-state index is 6.88. The molecule has 0 bridgehead atoms. The molecule has 0 radical (unpaired) electrons. The number of para-hydroxylation sites is 1. The Bertz CT molecular complexity index is 4260. The zero-order valence-corrected chi connectivity index (χ0v) is 35.6. The molecule has 0 amide bonds. The minimum Gasteiger partial charge on any atom is -0.455 e. The van der Waals surface area contributed by atoms with Crippen LogP contribution in [-0.2, 0) is 0 Å². The highest BCUT2D eigenvalue weighted by Gasteiger charge is 2.24. The molecule has 4 heterocycles. The number of fused-ring (bicyclic) bond motifs is 12. The summed E-state index contributed by atoms with van der Waals surface area (Å²) < 4.78 is 11.7. The van der Waals surface area contributed by atoms with Crippen LogP contribution in [0.15, 0.2) is 211 Å². The maximum atomic E-state index is 6.88. The van der Waals surface area contributed by atoms with Crippen LogP contribution < -0.4 is 0 Å². The molecule has 4 aromatic heterocycles. The van der Waals surface area contributed by atoms with Crippen molar-refractivity contribution in [2.45, 2.75) is 0 Å². The Morgan fingerprint density at radius 1 is 0.385 bits per heavy atom. The van der Waals surface area contributed by atoms with Gasteiger partial charge in [0.25, 0.3) is 0 Å². The SMILES string of the molecule is c1ccc(-c2cccc(-c3nc(-c4cc(-n5c6cc7ccccc7cc6c6ccc7ccccc7c65)cc5c4oc4ccccc45)nc(-c4cccc5c4sc4ccccc45)n3)c2)cc1. The summed E-state index contributed by atoms with van der Waals surface area (Å²) in [5.41, 5.74) is 9.67. The quantitative estimate of drug-likeness (QED) is 0.173. The van der Waals surface area contributed by atoms with Crippen LogP contribution in [0.3, 0.4) is 0 Å². The lowest BCUT2D eigenvalue weighted by molar-refractivity contribution is 0.669. The van der Waals surface area contributed by atoms with Crippen molar-refractivity contribution in [1.29, 1.82) is 0 Å². The van der Waals surface area contributed by atoms with Gasteiger partial charge in [-0.05, 0) is 75.8 Å². The number of hydrogen-bond acceptors (Lipinski definition) is 5. The van der Waals surface area contributed by atoms with Crippen molar-refractivity contribution in [3.63, 3.8) is 0 Å². The molecule has 10 aromatic carbocycles. The van der Waals surface area contributed by atoms with Gasteiger partial charge < -0.3 is 8.98 Å². The fraction of sp³-hybridized carbons (Fsp3) is 0. The van der Waals surface area contributed by atoms with Crippen LogP contribution >= 0.6 is 11.3 Å². The lowest BCUT2D eigenvalue weighted by Crippen LogP contribution is -2.02. The van der Waals surface area contributed by atoms with Gasteiger partial charge >= 0.3 is 0 Å². The van der Waals surface area contributed by atoms with Gasteiger partial charge in [0, 0.05) is 63.9 Å². The summed E-state index contributed by atoms with van der Waals surface area (Å²) in [5.74, 6) is 1.73. The summed E-state index contributed by atoms with van der Waals surface area (Å²) in [5, 5.41) is 11.6. The summed E-state index contributed by atoms with van der Waals surface area (Å²) in [7, 11) is 0. The van der Waals surface area contributed by atoms with Crippen LogP contribution in [0.1, 0.15) is 0 Å². The van der Waals surface area contributed by atoms with Gasteiger partial charge in [0.1, 0.15) is 11.2 Å². The van der Waals surface area contributed by atoms with Gasteiger partial charge in [0.15, 0.2) is 17.5 Å². The lowest BCUT2D eigenvalue weighted by atomic mass is 10.0. The molecule has 0 fully saturated rings. The van der Waals surface area contributed by atoms with E-state index in [2.05, 4.69) is 193 Å². The molecule has 5 nitrogen and oxygen atoms in total. The van der Waals surface area contributed by atoms with E-state index in [9.17, 15) is 0 Å². The van der Waals surface area contributed by atoms with E-state index in [1.807, 2.05) is 18.2 Å². The molecular formula is C59H34N4OS. The standard InChI is InChI=1S/C59H34N4OS/c1-2-14-35(15-3-1)37-19-12-20-40(30-37)57-60-58(47-25-13-24-46-44-23-9-11-27-53(44)65-56(46)47)62-59(61-57)50-34-41(33-49-43-22-8-10-26-52(43)64-55(49)50)63-51-32-39-18-5-4-17-38(39)31-48(51)45-29-28-36-16-6-7-21-42(36)54(45)63/h1-34H. The van der Waals surface area contributed by atoms with Crippen molar-refractivity contribution in [2.24, 2.45) is 0 Å². The van der Waals surface area contributed by atoms with Crippen molar-refractivity contribution < 1.29 is 4.42 Å². The Morgan fingerprint density at radius 2 is 1.05 bits per heavy atom. The van der Waals surface area contributed by atoms with Gasteiger partial charge in [-0.2, -0.15) is 0 Å². The van der Waals surface area contributed by atoms with Crippen LogP contribution in [0.25, 0.3) is 136 Å². The van der Waals surface area contributed by atoms with Crippen LogP contribution in [0.5, 0.6) is 0 Å². The van der Waals surface area contributed by atoms with Crippen molar-refractivity contribution in [2.75, 3.05) is 0 Å². The van der Waals surface area contributed by atoms with Crippen molar-refractivity contribution in [3.05, 3.63) is 206 Å². The van der Waals surface area contributed by atoms with Gasteiger partial charge in [-0.3, -0.25) is 0 Å². The van der Waals surface area contributed by atoms with E-state index < -0.39 is 0 Å². The molecule has 0 aliphatic rings. The molecule has 0 aliphatic carbocycles. The molecule has 65 heavy (non-hydrogen) atoms. The first-order chi connectivity index (χ1) is 32.2. The first kappa shape index (κ1) is 36.1.